The van der Waals surface area contributed by atoms with Gasteiger partial charge in [0.05, 0.1) is 19.8 Å². The first-order valence-corrected chi connectivity index (χ1v) is 11.8. The summed E-state index contributed by atoms with van der Waals surface area (Å²) in [5.74, 6) is 1.72. The summed E-state index contributed by atoms with van der Waals surface area (Å²) in [4.78, 5) is 0. The second-order valence-electron chi connectivity index (χ2n) is 7.95. The highest BCUT2D eigenvalue weighted by molar-refractivity contribution is 5.73. The lowest BCUT2D eigenvalue weighted by molar-refractivity contribution is 0.00304. The minimum atomic E-state index is -0.667. The molecule has 34 heavy (non-hydrogen) atoms. The number of benzene rings is 2. The molecule has 0 heterocycles. The first-order valence-electron chi connectivity index (χ1n) is 11.8. The lowest BCUT2D eigenvalue weighted by Gasteiger charge is -2.24. The molecule has 0 bridgehead atoms. The second-order valence-corrected chi connectivity index (χ2v) is 7.95. The third-order valence-corrected chi connectivity index (χ3v) is 5.53. The van der Waals surface area contributed by atoms with E-state index in [4.69, 9.17) is 20.1 Å². The van der Waals surface area contributed by atoms with Crippen molar-refractivity contribution in [1.29, 1.82) is 0 Å². The molecule has 2 aromatic carbocycles. The van der Waals surface area contributed by atoms with Crippen LogP contribution in [-0.2, 0) is 0 Å². The van der Waals surface area contributed by atoms with Crippen LogP contribution >= 0.6 is 0 Å². The first kappa shape index (κ1) is 29.1. The van der Waals surface area contributed by atoms with Gasteiger partial charge in [0, 0.05) is 16.5 Å². The van der Waals surface area contributed by atoms with Crippen molar-refractivity contribution >= 4 is 24.3 Å². The number of allylic oxidation sites excluding steroid dienone is 4. The maximum atomic E-state index is 8.66. The monoisotopic (exact) mass is 464 g/mol. The standard InChI is InChI=1S/C24H26O.C6H14O3/c1-5-11-19-15-9-17-23(21(19)13-7-3)25-24-18-10-16-20(12-6-2)22(24)14-8-4;1-2-6(3-7,4-8)5-9/h5-18H,1-4H3;7-9H,2-5H2,1H3/b11-5-,12-6-,13-7-,14-8-;. The lowest BCUT2D eigenvalue weighted by atomic mass is 9.88. The van der Waals surface area contributed by atoms with Gasteiger partial charge in [-0.05, 0) is 57.4 Å². The Balaban J connectivity index is 0.000000546. The molecule has 0 aromatic heterocycles. The van der Waals surface area contributed by atoms with E-state index in [0.29, 0.717) is 6.42 Å². The zero-order chi connectivity index (χ0) is 25.4. The number of aliphatic hydroxyl groups excluding tert-OH is 3. The van der Waals surface area contributed by atoms with E-state index >= 15 is 0 Å². The zero-order valence-electron chi connectivity index (χ0n) is 21.2. The van der Waals surface area contributed by atoms with Crippen LogP contribution in [0.1, 0.15) is 63.3 Å². The fourth-order valence-electron chi connectivity index (χ4n) is 3.24. The molecule has 0 atom stereocenters. The van der Waals surface area contributed by atoms with Crippen LogP contribution in [0, 0.1) is 5.41 Å². The fraction of sp³-hybridized carbons (Fsp3) is 0.333. The van der Waals surface area contributed by atoms with Crippen LogP contribution in [0.5, 0.6) is 11.5 Å². The van der Waals surface area contributed by atoms with E-state index in [1.54, 1.807) is 0 Å². The van der Waals surface area contributed by atoms with Crippen LogP contribution in [0.2, 0.25) is 0 Å². The molecular formula is C30H40O4. The van der Waals surface area contributed by atoms with Crippen molar-refractivity contribution < 1.29 is 20.1 Å². The Labute approximate surface area is 205 Å². The first-order chi connectivity index (χ1) is 16.5. The van der Waals surface area contributed by atoms with Crippen LogP contribution in [0.15, 0.2) is 60.7 Å². The molecule has 0 fully saturated rings. The molecule has 3 N–H and O–H groups in total. The zero-order valence-corrected chi connectivity index (χ0v) is 21.2. The van der Waals surface area contributed by atoms with Gasteiger partial charge in [0.1, 0.15) is 11.5 Å². The second kappa shape index (κ2) is 15.8. The largest absolute Gasteiger partial charge is 0.456 e. The highest BCUT2D eigenvalue weighted by Gasteiger charge is 2.24. The van der Waals surface area contributed by atoms with Crippen molar-refractivity contribution in [2.24, 2.45) is 5.41 Å². The Morgan fingerprint density at radius 1 is 0.647 bits per heavy atom. The van der Waals surface area contributed by atoms with Gasteiger partial charge in [-0.25, -0.2) is 0 Å². The van der Waals surface area contributed by atoms with Crippen molar-refractivity contribution in [2.45, 2.75) is 41.0 Å². The van der Waals surface area contributed by atoms with Gasteiger partial charge >= 0.3 is 0 Å². The predicted molar refractivity (Wildman–Crippen MR) is 146 cm³/mol. The molecule has 0 amide bonds. The van der Waals surface area contributed by atoms with Gasteiger partial charge in [-0.3, -0.25) is 0 Å². The highest BCUT2D eigenvalue weighted by atomic mass is 16.5. The van der Waals surface area contributed by atoms with E-state index in [-0.39, 0.29) is 19.8 Å². The summed E-state index contributed by atoms with van der Waals surface area (Å²) in [5.41, 5.74) is 3.81. The molecule has 2 rings (SSSR count). The number of hydrogen-bond donors (Lipinski definition) is 3. The highest BCUT2D eigenvalue weighted by Crippen LogP contribution is 2.34. The van der Waals surface area contributed by atoms with Crippen molar-refractivity contribution in [1.82, 2.24) is 0 Å². The van der Waals surface area contributed by atoms with Crippen LogP contribution in [-0.4, -0.2) is 35.1 Å². The normalized spacial score (nSPS) is 12.1. The molecule has 2 aromatic rings. The van der Waals surface area contributed by atoms with E-state index < -0.39 is 5.41 Å². The molecule has 184 valence electrons. The van der Waals surface area contributed by atoms with E-state index in [0.717, 1.165) is 33.8 Å². The molecule has 4 heteroatoms. The molecule has 0 aliphatic heterocycles. The average Bonchev–Trinajstić information content (AvgIpc) is 2.86. The average molecular weight is 465 g/mol. The SMILES string of the molecule is C/C=C\c1cccc(Oc2cccc(/C=C\C)c2/C=C\C)c1/C=C\C.CCC(CO)(CO)CO. The molecule has 0 radical (unpaired) electrons. The number of rotatable bonds is 10. The van der Waals surface area contributed by atoms with Gasteiger partial charge in [-0.15, -0.1) is 0 Å². The summed E-state index contributed by atoms with van der Waals surface area (Å²) in [7, 11) is 0. The lowest BCUT2D eigenvalue weighted by Crippen LogP contribution is -2.32. The predicted octanol–water partition coefficient (Wildman–Crippen LogP) is 6.97. The minimum absolute atomic E-state index is 0.156. The van der Waals surface area contributed by atoms with E-state index in [1.165, 1.54) is 0 Å². The van der Waals surface area contributed by atoms with Crippen LogP contribution in [0.4, 0.5) is 0 Å². The van der Waals surface area contributed by atoms with Crippen molar-refractivity contribution in [2.75, 3.05) is 19.8 Å². The van der Waals surface area contributed by atoms with E-state index in [2.05, 4.69) is 36.4 Å². The number of ether oxygens (including phenoxy) is 1. The Bertz CT molecular complexity index is 892. The molecule has 0 aliphatic rings. The molecular weight excluding hydrogens is 424 g/mol. The Morgan fingerprint density at radius 2 is 1.03 bits per heavy atom. The van der Waals surface area contributed by atoms with Crippen molar-refractivity contribution in [3.8, 4) is 11.5 Å². The summed E-state index contributed by atoms with van der Waals surface area (Å²) in [5, 5.41) is 26.0. The smallest absolute Gasteiger partial charge is 0.135 e. The molecule has 4 nitrogen and oxygen atoms in total. The maximum Gasteiger partial charge on any atom is 0.135 e. The van der Waals surface area contributed by atoms with Crippen molar-refractivity contribution in [3.63, 3.8) is 0 Å². The molecule has 0 saturated heterocycles. The third-order valence-electron chi connectivity index (χ3n) is 5.53. The van der Waals surface area contributed by atoms with Crippen LogP contribution in [0.3, 0.4) is 0 Å². The Hall–Kier alpha value is -2.92. The van der Waals surface area contributed by atoms with Gasteiger partial charge in [0.25, 0.3) is 0 Å². The van der Waals surface area contributed by atoms with Gasteiger partial charge in [0.15, 0.2) is 0 Å². The van der Waals surface area contributed by atoms with Gasteiger partial charge < -0.3 is 20.1 Å². The number of aliphatic hydroxyl groups is 3. The maximum absolute atomic E-state index is 8.66. The summed E-state index contributed by atoms with van der Waals surface area (Å²) < 4.78 is 6.35. The van der Waals surface area contributed by atoms with Crippen molar-refractivity contribution in [3.05, 3.63) is 83.0 Å². The van der Waals surface area contributed by atoms with Crippen LogP contribution < -0.4 is 4.74 Å². The summed E-state index contributed by atoms with van der Waals surface area (Å²) in [6, 6.07) is 12.3. The third kappa shape index (κ3) is 8.14. The summed E-state index contributed by atoms with van der Waals surface area (Å²) >= 11 is 0. The summed E-state index contributed by atoms with van der Waals surface area (Å²) in [6.45, 7) is 9.45. The topological polar surface area (TPSA) is 69.9 Å². The summed E-state index contributed by atoms with van der Waals surface area (Å²) in [6.07, 6.45) is 17.2. The Kier molecular flexibility index (Phi) is 13.6. The quantitative estimate of drug-likeness (QED) is 0.355. The molecule has 0 spiro atoms. The number of hydrogen-bond acceptors (Lipinski definition) is 4. The van der Waals surface area contributed by atoms with E-state index in [9.17, 15) is 0 Å². The van der Waals surface area contributed by atoms with Gasteiger partial charge in [-0.1, -0.05) is 79.8 Å². The van der Waals surface area contributed by atoms with Gasteiger partial charge in [0.2, 0.25) is 0 Å². The molecule has 0 unspecified atom stereocenters. The van der Waals surface area contributed by atoms with Gasteiger partial charge in [-0.2, -0.15) is 0 Å². The Morgan fingerprint density at radius 3 is 1.29 bits per heavy atom. The van der Waals surface area contributed by atoms with E-state index in [1.807, 2.05) is 83.2 Å². The van der Waals surface area contributed by atoms with Crippen LogP contribution in [0.25, 0.3) is 24.3 Å². The minimum Gasteiger partial charge on any atom is -0.456 e. The fourth-order valence-corrected chi connectivity index (χ4v) is 3.24. The molecule has 0 saturated carbocycles. The molecule has 0 aliphatic carbocycles.